The van der Waals surface area contributed by atoms with Crippen molar-refractivity contribution in [2.75, 3.05) is 6.61 Å². The topological polar surface area (TPSA) is 49.2 Å². The number of benzene rings is 2. The van der Waals surface area contributed by atoms with E-state index in [9.17, 15) is 0 Å². The molecule has 5 rings (SSSR count). The number of fused-ring (bicyclic) bond motifs is 1. The molecule has 2 aromatic carbocycles. The summed E-state index contributed by atoms with van der Waals surface area (Å²) in [4.78, 5) is 10.3. The predicted octanol–water partition coefficient (Wildman–Crippen LogP) is 9.91. The molecule has 3 aromatic heterocycles. The lowest BCUT2D eigenvalue weighted by molar-refractivity contribution is 0.301. The van der Waals surface area contributed by atoms with E-state index in [2.05, 4.69) is 111 Å². The van der Waals surface area contributed by atoms with Gasteiger partial charge < -0.3 is 14.0 Å². The van der Waals surface area contributed by atoms with Crippen molar-refractivity contribution in [2.45, 2.75) is 84.6 Å². The van der Waals surface area contributed by atoms with E-state index in [4.69, 9.17) is 9.47 Å². The van der Waals surface area contributed by atoms with Gasteiger partial charge in [-0.3, -0.25) is 4.98 Å². The Morgan fingerprint density at radius 2 is 1.55 bits per heavy atom. The molecule has 44 heavy (non-hydrogen) atoms. The second-order valence-corrected chi connectivity index (χ2v) is 15.5. The van der Waals surface area contributed by atoms with Crippen LogP contribution >= 0.6 is 11.8 Å². The summed E-state index contributed by atoms with van der Waals surface area (Å²) in [5.74, 6) is 1.52. The lowest BCUT2D eigenvalue weighted by Crippen LogP contribution is -2.16. The minimum Gasteiger partial charge on any atom is -0.487 e. The molecular formula is C38H45N3O2S. The smallest absolute Gasteiger partial charge is 0.213 e. The quantitative estimate of drug-likeness (QED) is 0.148. The number of hydrogen-bond donors (Lipinski definition) is 0. The number of ether oxygens (including phenoxy) is 2. The summed E-state index contributed by atoms with van der Waals surface area (Å²) in [7, 11) is 0. The van der Waals surface area contributed by atoms with Crippen molar-refractivity contribution in [3.63, 3.8) is 0 Å². The van der Waals surface area contributed by atoms with Gasteiger partial charge in [0.05, 0.1) is 12.3 Å². The highest BCUT2D eigenvalue weighted by molar-refractivity contribution is 8.00. The molecule has 6 heteroatoms. The third-order valence-corrected chi connectivity index (χ3v) is 8.49. The molecule has 0 bridgehead atoms. The van der Waals surface area contributed by atoms with Crippen LogP contribution in [0.2, 0.25) is 0 Å². The van der Waals surface area contributed by atoms with Crippen molar-refractivity contribution in [1.29, 1.82) is 0 Å². The van der Waals surface area contributed by atoms with Gasteiger partial charge >= 0.3 is 0 Å². The molecular weight excluding hydrogens is 563 g/mol. The maximum Gasteiger partial charge on any atom is 0.213 e. The average Bonchev–Trinajstić information content (AvgIpc) is 3.22. The first-order valence-corrected chi connectivity index (χ1v) is 16.3. The molecule has 0 atom stereocenters. The zero-order chi connectivity index (χ0) is 31.5. The van der Waals surface area contributed by atoms with Gasteiger partial charge in [-0.25, -0.2) is 4.98 Å². The molecule has 3 heterocycles. The molecule has 0 aliphatic carbocycles. The first-order valence-electron chi connectivity index (χ1n) is 15.5. The summed E-state index contributed by atoms with van der Waals surface area (Å²) in [5, 5.41) is 1.25. The third kappa shape index (κ3) is 8.03. The molecule has 5 aromatic rings. The van der Waals surface area contributed by atoms with Crippen molar-refractivity contribution in [2.24, 2.45) is 5.41 Å². The summed E-state index contributed by atoms with van der Waals surface area (Å²) in [5.41, 5.74) is 8.30. The fourth-order valence-electron chi connectivity index (χ4n) is 5.23. The Labute approximate surface area is 267 Å². The Morgan fingerprint density at radius 3 is 2.16 bits per heavy atom. The molecule has 0 aliphatic heterocycles. The average molecular weight is 608 g/mol. The van der Waals surface area contributed by atoms with Gasteiger partial charge in [-0.2, -0.15) is 0 Å². The number of rotatable bonds is 10. The van der Waals surface area contributed by atoms with Gasteiger partial charge in [0.1, 0.15) is 12.4 Å². The number of pyridine rings is 2. The minimum atomic E-state index is 0.0574. The van der Waals surface area contributed by atoms with Crippen LogP contribution in [0.15, 0.2) is 84.0 Å². The lowest BCUT2D eigenvalue weighted by atomic mass is 9.90. The largest absolute Gasteiger partial charge is 0.487 e. The molecule has 0 saturated carbocycles. The molecule has 0 N–H and O–H groups in total. The highest BCUT2D eigenvalue weighted by Crippen LogP contribution is 2.44. The lowest BCUT2D eigenvalue weighted by Gasteiger charge is -2.24. The summed E-state index contributed by atoms with van der Waals surface area (Å²) in [6, 6.07) is 23.5. The molecule has 0 aliphatic rings. The second kappa shape index (κ2) is 13.1. The van der Waals surface area contributed by atoms with Crippen molar-refractivity contribution >= 4 is 22.7 Å². The van der Waals surface area contributed by atoms with E-state index < -0.39 is 0 Å². The molecule has 0 unspecified atom stereocenters. The van der Waals surface area contributed by atoms with Gasteiger partial charge in [0.15, 0.2) is 0 Å². The normalized spacial score (nSPS) is 12.1. The van der Waals surface area contributed by atoms with Crippen LogP contribution in [-0.2, 0) is 19.6 Å². The van der Waals surface area contributed by atoms with Gasteiger partial charge in [-0.1, -0.05) is 71.9 Å². The first-order chi connectivity index (χ1) is 20.9. The van der Waals surface area contributed by atoms with Crippen LogP contribution in [0.5, 0.6) is 11.6 Å². The van der Waals surface area contributed by atoms with Crippen molar-refractivity contribution in [1.82, 2.24) is 14.5 Å². The van der Waals surface area contributed by atoms with Crippen LogP contribution in [0.3, 0.4) is 0 Å². The third-order valence-electron chi connectivity index (χ3n) is 7.21. The maximum absolute atomic E-state index is 6.28. The fourth-order valence-corrected chi connectivity index (χ4v) is 6.42. The van der Waals surface area contributed by atoms with E-state index in [1.165, 1.54) is 27.1 Å². The van der Waals surface area contributed by atoms with Gasteiger partial charge in [-0.15, -0.1) is 11.8 Å². The molecule has 0 saturated heterocycles. The fraction of sp³-hybridized carbons (Fsp3) is 0.368. The van der Waals surface area contributed by atoms with E-state index in [1.807, 2.05) is 50.1 Å². The van der Waals surface area contributed by atoms with Crippen LogP contribution in [0.25, 0.3) is 22.0 Å². The van der Waals surface area contributed by atoms with Crippen LogP contribution in [0.1, 0.15) is 71.0 Å². The Balaban J connectivity index is 1.51. The molecule has 5 nitrogen and oxygen atoms in total. The van der Waals surface area contributed by atoms with Crippen molar-refractivity contribution in [3.8, 4) is 22.8 Å². The molecule has 0 spiro atoms. The Morgan fingerprint density at radius 1 is 0.795 bits per heavy atom. The minimum absolute atomic E-state index is 0.0574. The molecule has 0 radical (unpaired) electrons. The first kappa shape index (κ1) is 31.6. The van der Waals surface area contributed by atoms with E-state index in [0.717, 1.165) is 41.1 Å². The summed E-state index contributed by atoms with van der Waals surface area (Å²) in [6.07, 6.45) is 4.74. The SMILES string of the molecule is CCOc1ccc(-c2ccc(Cn3c(CC(C)(C)C)c(SC(C)(C)C)c4cc(OCc5ccc(C)cn5)ccc43)cc2)cn1. The molecule has 0 amide bonds. The summed E-state index contributed by atoms with van der Waals surface area (Å²) >= 11 is 1.95. The van der Waals surface area contributed by atoms with Crippen molar-refractivity contribution < 1.29 is 9.47 Å². The monoisotopic (exact) mass is 607 g/mol. The Bertz CT molecular complexity index is 1690. The number of aromatic nitrogens is 3. The van der Waals surface area contributed by atoms with Crippen LogP contribution < -0.4 is 9.47 Å². The van der Waals surface area contributed by atoms with Crippen LogP contribution in [0.4, 0.5) is 0 Å². The molecule has 230 valence electrons. The van der Waals surface area contributed by atoms with E-state index in [1.54, 1.807) is 0 Å². The highest BCUT2D eigenvalue weighted by atomic mass is 32.2. The zero-order valence-corrected chi connectivity index (χ0v) is 28.2. The maximum atomic E-state index is 6.28. The van der Waals surface area contributed by atoms with Gasteiger partial charge in [0.2, 0.25) is 5.88 Å². The predicted molar refractivity (Wildman–Crippen MR) is 184 cm³/mol. The van der Waals surface area contributed by atoms with Gasteiger partial charge in [0, 0.05) is 56.8 Å². The molecule has 0 fully saturated rings. The second-order valence-electron chi connectivity index (χ2n) is 13.6. The van der Waals surface area contributed by atoms with Crippen molar-refractivity contribution in [3.05, 3.63) is 102 Å². The number of thioether (sulfide) groups is 1. The van der Waals surface area contributed by atoms with Gasteiger partial charge in [0.25, 0.3) is 0 Å². The van der Waals surface area contributed by atoms with E-state index >= 15 is 0 Å². The van der Waals surface area contributed by atoms with Crippen LogP contribution in [-0.4, -0.2) is 25.9 Å². The number of hydrogen-bond acceptors (Lipinski definition) is 5. The number of aryl methyl sites for hydroxylation is 1. The summed E-state index contributed by atoms with van der Waals surface area (Å²) < 4.78 is 14.4. The Kier molecular flexibility index (Phi) is 9.40. The van der Waals surface area contributed by atoms with E-state index in [0.29, 0.717) is 19.1 Å². The highest BCUT2D eigenvalue weighted by Gasteiger charge is 2.26. The number of nitrogens with zero attached hydrogens (tertiary/aromatic N) is 3. The van der Waals surface area contributed by atoms with Gasteiger partial charge in [-0.05, 0) is 72.7 Å². The zero-order valence-electron chi connectivity index (χ0n) is 27.4. The van der Waals surface area contributed by atoms with E-state index in [-0.39, 0.29) is 10.2 Å². The van der Waals surface area contributed by atoms with Crippen LogP contribution in [0, 0.1) is 12.3 Å². The summed E-state index contributed by atoms with van der Waals surface area (Å²) in [6.45, 7) is 19.7. The Hall–Kier alpha value is -3.77. The standard InChI is InChI=1S/C38H45N3O2S/c1-9-42-35-19-15-29(23-40-35)28-13-11-27(12-14-28)24-41-33-18-17-31(43-25-30-16-10-26(2)22-39-30)20-32(33)36(44-38(6,7)8)34(41)21-37(3,4)5/h10-20,22-23H,9,21,24-25H2,1-8H3.